The summed E-state index contributed by atoms with van der Waals surface area (Å²) in [5.41, 5.74) is 3.45. The van der Waals surface area contributed by atoms with Crippen LogP contribution in [0.3, 0.4) is 0 Å². The van der Waals surface area contributed by atoms with Gasteiger partial charge in [0, 0.05) is 11.5 Å². The summed E-state index contributed by atoms with van der Waals surface area (Å²) < 4.78 is 4.69. The van der Waals surface area contributed by atoms with Crippen LogP contribution in [0.5, 0.6) is 0 Å². The van der Waals surface area contributed by atoms with Crippen LogP contribution in [0.1, 0.15) is 40.7 Å². The van der Waals surface area contributed by atoms with Crippen LogP contribution >= 0.6 is 0 Å². The number of esters is 1. The van der Waals surface area contributed by atoms with Crippen LogP contribution in [-0.2, 0) is 22.4 Å². The van der Waals surface area contributed by atoms with E-state index in [2.05, 4.69) is 10.8 Å². The van der Waals surface area contributed by atoms with Crippen molar-refractivity contribution in [3.63, 3.8) is 0 Å². The number of hydrogen-bond donors (Lipinski definition) is 0. The van der Waals surface area contributed by atoms with Gasteiger partial charge in [-0.15, -0.1) is 0 Å². The first-order valence-corrected chi connectivity index (χ1v) is 6.94. The fraction of sp³-hybridized carbons (Fsp3) is 0.500. The van der Waals surface area contributed by atoms with Crippen molar-refractivity contribution in [2.45, 2.75) is 32.1 Å². The average Bonchev–Trinajstić information content (AvgIpc) is 3.25. The Hall–Kier alpha value is -1.64. The van der Waals surface area contributed by atoms with Crippen molar-refractivity contribution in [2.75, 3.05) is 7.11 Å². The van der Waals surface area contributed by atoms with Gasteiger partial charge in [0.2, 0.25) is 0 Å². The van der Waals surface area contributed by atoms with Crippen LogP contribution in [0.15, 0.2) is 18.2 Å². The maximum atomic E-state index is 12.3. The lowest BCUT2D eigenvalue weighted by molar-refractivity contribution is -0.142. The van der Waals surface area contributed by atoms with Crippen LogP contribution in [0.2, 0.25) is 0 Å². The summed E-state index contributed by atoms with van der Waals surface area (Å²) >= 11 is 0. The van der Waals surface area contributed by atoms with Gasteiger partial charge in [0.05, 0.1) is 13.0 Å². The molecule has 19 heavy (non-hydrogen) atoms. The summed E-state index contributed by atoms with van der Waals surface area (Å²) in [6, 6.07) is 6.03. The molecule has 0 heterocycles. The van der Waals surface area contributed by atoms with E-state index in [4.69, 9.17) is 0 Å². The van der Waals surface area contributed by atoms with E-state index in [9.17, 15) is 9.59 Å². The highest BCUT2D eigenvalue weighted by atomic mass is 16.5. The summed E-state index contributed by atoms with van der Waals surface area (Å²) in [5.74, 6) is -0.525. The molecule has 3 nitrogen and oxygen atoms in total. The van der Waals surface area contributed by atoms with Crippen LogP contribution in [0.25, 0.3) is 0 Å². The summed E-state index contributed by atoms with van der Waals surface area (Å²) in [6.07, 6.45) is 5.29. The first-order valence-electron chi connectivity index (χ1n) is 6.94. The van der Waals surface area contributed by atoms with Crippen molar-refractivity contribution in [2.24, 2.45) is 11.8 Å². The molecule has 0 saturated heterocycles. The lowest BCUT2D eigenvalue weighted by atomic mass is 9.89. The maximum absolute atomic E-state index is 12.3. The standard InChI is InChI=1S/C16H18O3/c1-19-16(18)14-9-13(14)15(17)12-7-6-10-4-2-3-5-11(10)8-12/h6-8,13-14H,2-5,9H2,1H3/t13-,14+/m0/s1. The second kappa shape index (κ2) is 4.80. The van der Waals surface area contributed by atoms with Gasteiger partial charge in [-0.05, 0) is 49.3 Å². The van der Waals surface area contributed by atoms with Gasteiger partial charge in [-0.3, -0.25) is 9.59 Å². The van der Waals surface area contributed by atoms with Crippen LogP contribution in [0, 0.1) is 11.8 Å². The van der Waals surface area contributed by atoms with E-state index in [1.54, 1.807) is 0 Å². The third-order valence-electron chi connectivity index (χ3n) is 4.26. The van der Waals surface area contributed by atoms with Gasteiger partial charge < -0.3 is 4.74 Å². The summed E-state index contributed by atoms with van der Waals surface area (Å²) in [5, 5.41) is 0. The van der Waals surface area contributed by atoms with E-state index in [1.165, 1.54) is 31.1 Å². The quantitative estimate of drug-likeness (QED) is 0.618. The van der Waals surface area contributed by atoms with Crippen molar-refractivity contribution in [1.82, 2.24) is 0 Å². The Morgan fingerprint density at radius 2 is 1.84 bits per heavy atom. The Balaban J connectivity index is 1.76. The number of hydrogen-bond acceptors (Lipinski definition) is 3. The summed E-state index contributed by atoms with van der Waals surface area (Å²) in [7, 11) is 1.38. The zero-order chi connectivity index (χ0) is 13.4. The molecule has 1 saturated carbocycles. The molecule has 1 fully saturated rings. The predicted octanol–water partition coefficient (Wildman–Crippen LogP) is 2.56. The molecule has 0 radical (unpaired) electrons. The lowest BCUT2D eigenvalue weighted by Gasteiger charge is -2.16. The number of fused-ring (bicyclic) bond motifs is 1. The third-order valence-corrected chi connectivity index (χ3v) is 4.26. The smallest absolute Gasteiger partial charge is 0.309 e. The number of benzene rings is 1. The second-order valence-corrected chi connectivity index (χ2v) is 5.53. The van der Waals surface area contributed by atoms with Crippen molar-refractivity contribution in [3.8, 4) is 0 Å². The van der Waals surface area contributed by atoms with Gasteiger partial charge in [0.15, 0.2) is 5.78 Å². The highest BCUT2D eigenvalue weighted by Crippen LogP contribution is 2.42. The van der Waals surface area contributed by atoms with E-state index in [0.29, 0.717) is 6.42 Å². The van der Waals surface area contributed by atoms with Crippen LogP contribution < -0.4 is 0 Å². The third kappa shape index (κ3) is 2.29. The maximum Gasteiger partial charge on any atom is 0.309 e. The van der Waals surface area contributed by atoms with E-state index in [0.717, 1.165) is 18.4 Å². The predicted molar refractivity (Wildman–Crippen MR) is 71.0 cm³/mol. The first kappa shape index (κ1) is 12.4. The Bertz CT molecular complexity index is 533. The molecule has 0 spiro atoms. The minimum atomic E-state index is -0.253. The molecular formula is C16H18O3. The molecule has 1 aromatic carbocycles. The molecule has 0 N–H and O–H groups in total. The zero-order valence-corrected chi connectivity index (χ0v) is 11.1. The fourth-order valence-corrected chi connectivity index (χ4v) is 3.00. The van der Waals surface area contributed by atoms with Crippen molar-refractivity contribution in [1.29, 1.82) is 0 Å². The number of methoxy groups -OCH3 is 1. The molecule has 0 bridgehead atoms. The molecule has 0 aliphatic heterocycles. The SMILES string of the molecule is COC(=O)[C@@H]1C[C@@H]1C(=O)c1ccc2c(c1)CCCC2. The largest absolute Gasteiger partial charge is 0.469 e. The minimum Gasteiger partial charge on any atom is -0.469 e. The van der Waals surface area contributed by atoms with Gasteiger partial charge in [-0.25, -0.2) is 0 Å². The Labute approximate surface area is 113 Å². The van der Waals surface area contributed by atoms with Crippen molar-refractivity contribution in [3.05, 3.63) is 34.9 Å². The van der Waals surface area contributed by atoms with Gasteiger partial charge >= 0.3 is 5.97 Å². The summed E-state index contributed by atoms with van der Waals surface area (Å²) in [4.78, 5) is 23.7. The van der Waals surface area contributed by atoms with Crippen LogP contribution in [0.4, 0.5) is 0 Å². The topological polar surface area (TPSA) is 43.4 Å². The molecule has 0 aromatic heterocycles. The molecule has 3 heteroatoms. The van der Waals surface area contributed by atoms with E-state index in [-0.39, 0.29) is 23.6 Å². The van der Waals surface area contributed by atoms with E-state index in [1.807, 2.05) is 12.1 Å². The molecule has 2 aliphatic carbocycles. The average molecular weight is 258 g/mol. The first-order chi connectivity index (χ1) is 9.20. The molecule has 3 rings (SSSR count). The van der Waals surface area contributed by atoms with Crippen molar-refractivity contribution < 1.29 is 14.3 Å². The van der Waals surface area contributed by atoms with Crippen LogP contribution in [-0.4, -0.2) is 18.9 Å². The van der Waals surface area contributed by atoms with Gasteiger partial charge in [-0.1, -0.05) is 12.1 Å². The number of rotatable bonds is 3. The van der Waals surface area contributed by atoms with Crippen molar-refractivity contribution >= 4 is 11.8 Å². The Kier molecular flexibility index (Phi) is 3.13. The fourth-order valence-electron chi connectivity index (χ4n) is 3.00. The Morgan fingerprint density at radius 1 is 1.11 bits per heavy atom. The summed E-state index contributed by atoms with van der Waals surface area (Å²) in [6.45, 7) is 0. The molecule has 0 unspecified atom stereocenters. The zero-order valence-electron chi connectivity index (χ0n) is 11.1. The molecule has 0 amide bonds. The highest BCUT2D eigenvalue weighted by Gasteiger charge is 2.48. The second-order valence-electron chi connectivity index (χ2n) is 5.53. The molecule has 2 atom stereocenters. The van der Waals surface area contributed by atoms with Gasteiger partial charge in [0.25, 0.3) is 0 Å². The monoisotopic (exact) mass is 258 g/mol. The number of carbonyl (C=O) groups excluding carboxylic acids is 2. The van der Waals surface area contributed by atoms with Gasteiger partial charge in [-0.2, -0.15) is 0 Å². The number of ketones is 1. The Morgan fingerprint density at radius 3 is 2.58 bits per heavy atom. The number of ether oxygens (including phenoxy) is 1. The van der Waals surface area contributed by atoms with E-state index >= 15 is 0 Å². The normalized spacial score (nSPS) is 24.5. The number of aryl methyl sites for hydroxylation is 2. The molecule has 2 aliphatic rings. The number of Topliss-reactive ketones (excluding diaryl/α,β-unsaturated/α-hetero) is 1. The molecular weight excluding hydrogens is 240 g/mol. The molecule has 100 valence electrons. The van der Waals surface area contributed by atoms with Gasteiger partial charge in [0.1, 0.15) is 0 Å². The van der Waals surface area contributed by atoms with E-state index < -0.39 is 0 Å². The highest BCUT2D eigenvalue weighted by molar-refractivity contribution is 6.03. The minimum absolute atomic E-state index is 0.101. The molecule has 1 aromatic rings. The lowest BCUT2D eigenvalue weighted by Crippen LogP contribution is -2.11. The number of carbonyl (C=O) groups is 2.